The first-order valence-corrected chi connectivity index (χ1v) is 9.01. The zero-order valence-electron chi connectivity index (χ0n) is 15.8. The van der Waals surface area contributed by atoms with Crippen LogP contribution in [0.2, 0.25) is 0 Å². The van der Waals surface area contributed by atoms with E-state index in [4.69, 9.17) is 9.47 Å². The smallest absolute Gasteiger partial charge is 0.280 e. The molecule has 0 radical (unpaired) electrons. The van der Waals surface area contributed by atoms with Gasteiger partial charge in [0.15, 0.2) is 17.6 Å². The Morgan fingerprint density at radius 1 is 1.14 bits per heavy atom. The van der Waals surface area contributed by atoms with Gasteiger partial charge in [0.1, 0.15) is 5.75 Å². The zero-order valence-corrected chi connectivity index (χ0v) is 15.8. The molecule has 0 spiro atoms. The number of phenols is 1. The van der Waals surface area contributed by atoms with Gasteiger partial charge in [0.2, 0.25) is 0 Å². The molecule has 0 aliphatic heterocycles. The number of ether oxygens (including phenoxy) is 2. The van der Waals surface area contributed by atoms with E-state index in [1.165, 1.54) is 12.3 Å². The Labute approximate surface area is 163 Å². The van der Waals surface area contributed by atoms with Crippen molar-refractivity contribution >= 4 is 22.9 Å². The minimum absolute atomic E-state index is 0.0560. The number of hydrogen-bond donors (Lipinski definition) is 2. The number of nitrogens with one attached hydrogen (secondary N) is 1. The van der Waals surface area contributed by atoms with Crippen molar-refractivity contribution in [2.45, 2.75) is 20.0 Å². The first-order valence-electron chi connectivity index (χ1n) is 9.01. The lowest BCUT2D eigenvalue weighted by Crippen LogP contribution is -2.33. The summed E-state index contributed by atoms with van der Waals surface area (Å²) >= 11 is 0. The van der Waals surface area contributed by atoms with E-state index in [2.05, 4.69) is 10.5 Å². The lowest BCUT2D eigenvalue weighted by Gasteiger charge is -2.13. The van der Waals surface area contributed by atoms with E-state index in [0.717, 1.165) is 10.8 Å². The molecule has 1 atom stereocenters. The molecule has 144 valence electrons. The fraction of sp³-hybridized carbons (Fsp3) is 0.182. The van der Waals surface area contributed by atoms with Gasteiger partial charge in [-0.1, -0.05) is 30.3 Å². The molecule has 0 fully saturated rings. The number of phenolic OH excluding ortho intramolecular Hbond substituents is 1. The van der Waals surface area contributed by atoms with Gasteiger partial charge < -0.3 is 14.6 Å². The molecule has 0 bridgehead atoms. The predicted octanol–water partition coefficient (Wildman–Crippen LogP) is 3.86. The summed E-state index contributed by atoms with van der Waals surface area (Å²) < 4.78 is 11.0. The van der Waals surface area contributed by atoms with Crippen LogP contribution in [-0.4, -0.2) is 29.9 Å². The summed E-state index contributed by atoms with van der Waals surface area (Å²) in [4.78, 5) is 12.2. The molecule has 0 aromatic heterocycles. The molecule has 3 rings (SSSR count). The van der Waals surface area contributed by atoms with Crippen molar-refractivity contribution in [3.05, 3.63) is 66.2 Å². The van der Waals surface area contributed by atoms with Gasteiger partial charge in [0.05, 0.1) is 12.8 Å². The third-order valence-electron chi connectivity index (χ3n) is 4.08. The molecule has 6 heteroatoms. The van der Waals surface area contributed by atoms with Crippen molar-refractivity contribution in [2.75, 3.05) is 6.61 Å². The highest BCUT2D eigenvalue weighted by atomic mass is 16.5. The third-order valence-corrected chi connectivity index (χ3v) is 4.08. The molecule has 0 aliphatic rings. The number of carbonyl (C=O) groups excluding carboxylic acids is 1. The van der Waals surface area contributed by atoms with Gasteiger partial charge >= 0.3 is 0 Å². The van der Waals surface area contributed by atoms with Crippen molar-refractivity contribution in [1.29, 1.82) is 0 Å². The second-order valence-corrected chi connectivity index (χ2v) is 6.16. The van der Waals surface area contributed by atoms with E-state index in [1.54, 1.807) is 19.1 Å². The largest absolute Gasteiger partial charge is 0.504 e. The summed E-state index contributed by atoms with van der Waals surface area (Å²) in [5.41, 5.74) is 3.14. The Morgan fingerprint density at radius 2 is 1.93 bits per heavy atom. The van der Waals surface area contributed by atoms with E-state index in [-0.39, 0.29) is 11.7 Å². The molecule has 3 aromatic rings. The summed E-state index contributed by atoms with van der Waals surface area (Å²) in [6, 6.07) is 18.4. The van der Waals surface area contributed by atoms with E-state index >= 15 is 0 Å². The van der Waals surface area contributed by atoms with Crippen molar-refractivity contribution in [3.63, 3.8) is 0 Å². The molecule has 0 heterocycles. The van der Waals surface area contributed by atoms with Gasteiger partial charge in [-0.2, -0.15) is 5.10 Å². The Kier molecular flexibility index (Phi) is 6.11. The summed E-state index contributed by atoms with van der Waals surface area (Å²) in [6.45, 7) is 3.93. The van der Waals surface area contributed by atoms with Gasteiger partial charge in [-0.3, -0.25) is 4.79 Å². The number of aromatic hydroxyl groups is 1. The second kappa shape index (κ2) is 8.90. The molecule has 6 nitrogen and oxygen atoms in total. The molecule has 0 aliphatic carbocycles. The van der Waals surface area contributed by atoms with Crippen LogP contribution >= 0.6 is 0 Å². The molecular weight excluding hydrogens is 356 g/mol. The third kappa shape index (κ3) is 4.79. The quantitative estimate of drug-likeness (QED) is 0.483. The predicted molar refractivity (Wildman–Crippen MR) is 109 cm³/mol. The van der Waals surface area contributed by atoms with Crippen LogP contribution in [0.3, 0.4) is 0 Å². The van der Waals surface area contributed by atoms with Gasteiger partial charge in [0, 0.05) is 0 Å². The number of fused-ring (bicyclic) bond motifs is 1. The first-order chi connectivity index (χ1) is 13.6. The molecular formula is C22H22N2O4. The number of rotatable bonds is 7. The van der Waals surface area contributed by atoms with Crippen LogP contribution in [0, 0.1) is 0 Å². The van der Waals surface area contributed by atoms with Crippen LogP contribution in [0.5, 0.6) is 17.2 Å². The fourth-order valence-electron chi connectivity index (χ4n) is 2.64. The maximum Gasteiger partial charge on any atom is 0.280 e. The lowest BCUT2D eigenvalue weighted by atomic mass is 10.1. The molecule has 3 aromatic carbocycles. The van der Waals surface area contributed by atoms with Crippen molar-refractivity contribution in [3.8, 4) is 17.2 Å². The molecule has 0 saturated carbocycles. The molecule has 2 N–H and O–H groups in total. The van der Waals surface area contributed by atoms with E-state index in [9.17, 15) is 9.90 Å². The van der Waals surface area contributed by atoms with Gasteiger partial charge in [-0.15, -0.1) is 0 Å². The molecule has 1 amide bonds. The number of amides is 1. The van der Waals surface area contributed by atoms with Crippen LogP contribution in [0.15, 0.2) is 65.8 Å². The maximum atomic E-state index is 12.2. The highest BCUT2D eigenvalue weighted by Crippen LogP contribution is 2.26. The van der Waals surface area contributed by atoms with Crippen LogP contribution < -0.4 is 14.9 Å². The summed E-state index contributed by atoms with van der Waals surface area (Å²) in [5, 5.41) is 15.8. The van der Waals surface area contributed by atoms with E-state index in [1.807, 2.05) is 49.4 Å². The Hall–Kier alpha value is -3.54. The van der Waals surface area contributed by atoms with Gasteiger partial charge in [-0.05, 0) is 60.5 Å². The Bertz CT molecular complexity index is 1000. The van der Waals surface area contributed by atoms with Gasteiger partial charge in [-0.25, -0.2) is 5.43 Å². The number of benzene rings is 3. The SMILES string of the molecule is CCOc1cc(/C=N/NC(=O)C(C)Oc2ccc3ccccc3c2)ccc1O. The number of nitrogens with zero attached hydrogens (tertiary/aromatic N) is 1. The fourth-order valence-corrected chi connectivity index (χ4v) is 2.64. The molecule has 28 heavy (non-hydrogen) atoms. The molecule has 0 saturated heterocycles. The van der Waals surface area contributed by atoms with Crippen LogP contribution in [0.1, 0.15) is 19.4 Å². The average molecular weight is 378 g/mol. The number of carbonyl (C=O) groups is 1. The maximum absolute atomic E-state index is 12.2. The average Bonchev–Trinajstić information content (AvgIpc) is 2.70. The second-order valence-electron chi connectivity index (χ2n) is 6.16. The van der Waals surface area contributed by atoms with Crippen LogP contribution in [0.4, 0.5) is 0 Å². The topological polar surface area (TPSA) is 80.2 Å². The molecule has 1 unspecified atom stereocenters. The Morgan fingerprint density at radius 3 is 2.71 bits per heavy atom. The van der Waals surface area contributed by atoms with Crippen molar-refractivity contribution in [1.82, 2.24) is 5.43 Å². The number of hydrogen-bond acceptors (Lipinski definition) is 5. The van der Waals surface area contributed by atoms with Crippen LogP contribution in [0.25, 0.3) is 10.8 Å². The zero-order chi connectivity index (χ0) is 19.9. The van der Waals surface area contributed by atoms with Crippen LogP contribution in [-0.2, 0) is 4.79 Å². The van der Waals surface area contributed by atoms with Gasteiger partial charge in [0.25, 0.3) is 5.91 Å². The van der Waals surface area contributed by atoms with E-state index < -0.39 is 6.10 Å². The van der Waals surface area contributed by atoms with Crippen molar-refractivity contribution < 1.29 is 19.4 Å². The first kappa shape index (κ1) is 19.2. The number of hydrazone groups is 1. The monoisotopic (exact) mass is 378 g/mol. The summed E-state index contributed by atoms with van der Waals surface area (Å²) in [5.74, 6) is 0.671. The summed E-state index contributed by atoms with van der Waals surface area (Å²) in [6.07, 6.45) is 0.764. The normalized spacial score (nSPS) is 12.1. The van der Waals surface area contributed by atoms with Crippen molar-refractivity contribution in [2.24, 2.45) is 5.10 Å². The standard InChI is InChI=1S/C22H22N2O4/c1-3-27-21-12-16(8-11-20(21)25)14-23-24-22(26)15(2)28-19-10-9-17-6-4-5-7-18(17)13-19/h4-15,25H,3H2,1-2H3,(H,24,26)/b23-14+. The highest BCUT2D eigenvalue weighted by Gasteiger charge is 2.14. The minimum atomic E-state index is -0.711. The highest BCUT2D eigenvalue weighted by molar-refractivity contribution is 5.86. The minimum Gasteiger partial charge on any atom is -0.504 e. The van der Waals surface area contributed by atoms with E-state index in [0.29, 0.717) is 23.7 Å². The Balaban J connectivity index is 1.59. The summed E-state index contributed by atoms with van der Waals surface area (Å²) in [7, 11) is 0. The lowest BCUT2D eigenvalue weighted by molar-refractivity contribution is -0.127.